The van der Waals surface area contributed by atoms with Crippen LogP contribution in [0.4, 0.5) is 17.3 Å². The summed E-state index contributed by atoms with van der Waals surface area (Å²) in [5.41, 5.74) is 9.27. The van der Waals surface area contributed by atoms with Crippen LogP contribution in [-0.2, 0) is 0 Å². The van der Waals surface area contributed by atoms with E-state index in [1.54, 1.807) is 24.8 Å². The predicted molar refractivity (Wildman–Crippen MR) is 79.4 cm³/mol. The summed E-state index contributed by atoms with van der Waals surface area (Å²) >= 11 is 0. The fourth-order valence-electron chi connectivity index (χ4n) is 1.83. The Morgan fingerprint density at radius 3 is 2.35 bits per heavy atom. The Kier molecular flexibility index (Phi) is 3.24. The minimum absolute atomic E-state index is 0.536. The number of anilines is 3. The molecule has 0 aliphatic heterocycles. The lowest BCUT2D eigenvalue weighted by Gasteiger charge is -2.06. The summed E-state index contributed by atoms with van der Waals surface area (Å²) in [4.78, 5) is 12.6. The van der Waals surface area contributed by atoms with Gasteiger partial charge in [0.15, 0.2) is 0 Å². The van der Waals surface area contributed by atoms with Gasteiger partial charge in [0.25, 0.3) is 0 Å². The quantitative estimate of drug-likeness (QED) is 0.710. The summed E-state index contributed by atoms with van der Waals surface area (Å²) in [5, 5.41) is 3.11. The molecule has 0 spiro atoms. The molecule has 20 heavy (non-hydrogen) atoms. The zero-order chi connectivity index (χ0) is 13.8. The molecule has 3 N–H and O–H groups in total. The zero-order valence-corrected chi connectivity index (χ0v) is 10.7. The second kappa shape index (κ2) is 5.36. The molecule has 0 unspecified atom stereocenters. The van der Waals surface area contributed by atoms with Crippen molar-refractivity contribution in [1.29, 1.82) is 0 Å². The summed E-state index contributed by atoms with van der Waals surface area (Å²) in [5.74, 6) is 0.536. The SMILES string of the molecule is Nc1cccc(Nc2ncc(-c3ccncc3)cn2)c1. The molecular weight excluding hydrogens is 250 g/mol. The minimum atomic E-state index is 0.536. The third-order valence-electron chi connectivity index (χ3n) is 2.81. The maximum absolute atomic E-state index is 5.73. The molecule has 0 atom stereocenters. The van der Waals surface area contributed by atoms with E-state index in [2.05, 4.69) is 20.3 Å². The molecule has 98 valence electrons. The Morgan fingerprint density at radius 1 is 0.900 bits per heavy atom. The van der Waals surface area contributed by atoms with Gasteiger partial charge in [-0.1, -0.05) is 6.07 Å². The van der Waals surface area contributed by atoms with Crippen LogP contribution < -0.4 is 11.1 Å². The van der Waals surface area contributed by atoms with Gasteiger partial charge in [-0.15, -0.1) is 0 Å². The Bertz CT molecular complexity index is 695. The molecule has 2 heterocycles. The summed E-state index contributed by atoms with van der Waals surface area (Å²) < 4.78 is 0. The second-order valence-corrected chi connectivity index (χ2v) is 4.28. The number of nitrogens with one attached hydrogen (secondary N) is 1. The monoisotopic (exact) mass is 263 g/mol. The van der Waals surface area contributed by atoms with E-state index in [0.717, 1.165) is 16.8 Å². The van der Waals surface area contributed by atoms with Gasteiger partial charge >= 0.3 is 0 Å². The van der Waals surface area contributed by atoms with Crippen molar-refractivity contribution in [1.82, 2.24) is 15.0 Å². The second-order valence-electron chi connectivity index (χ2n) is 4.28. The van der Waals surface area contributed by atoms with Crippen LogP contribution in [0.15, 0.2) is 61.2 Å². The smallest absolute Gasteiger partial charge is 0.227 e. The largest absolute Gasteiger partial charge is 0.399 e. The van der Waals surface area contributed by atoms with Crippen LogP contribution in [0, 0.1) is 0 Å². The lowest BCUT2D eigenvalue weighted by Crippen LogP contribution is -1.97. The molecule has 3 rings (SSSR count). The maximum Gasteiger partial charge on any atom is 0.227 e. The van der Waals surface area contributed by atoms with Crippen LogP contribution in [0.25, 0.3) is 11.1 Å². The molecule has 0 aliphatic carbocycles. The van der Waals surface area contributed by atoms with Gasteiger partial charge in [0.05, 0.1) is 0 Å². The van der Waals surface area contributed by atoms with Crippen LogP contribution >= 0.6 is 0 Å². The van der Waals surface area contributed by atoms with Gasteiger partial charge in [0, 0.05) is 41.7 Å². The highest BCUT2D eigenvalue weighted by Gasteiger charge is 2.01. The van der Waals surface area contributed by atoms with Crippen molar-refractivity contribution in [3.05, 3.63) is 61.2 Å². The van der Waals surface area contributed by atoms with Crippen molar-refractivity contribution in [2.24, 2.45) is 0 Å². The molecule has 1 aromatic carbocycles. The molecule has 2 aromatic heterocycles. The first-order chi connectivity index (χ1) is 9.81. The molecular formula is C15H13N5. The fourth-order valence-corrected chi connectivity index (χ4v) is 1.83. The van der Waals surface area contributed by atoms with Crippen molar-refractivity contribution in [3.63, 3.8) is 0 Å². The third-order valence-corrected chi connectivity index (χ3v) is 2.81. The minimum Gasteiger partial charge on any atom is -0.399 e. The number of rotatable bonds is 3. The molecule has 3 aromatic rings. The number of pyridine rings is 1. The number of hydrogen-bond donors (Lipinski definition) is 2. The van der Waals surface area contributed by atoms with E-state index in [1.807, 2.05) is 36.4 Å². The maximum atomic E-state index is 5.73. The topological polar surface area (TPSA) is 76.7 Å². The number of hydrogen-bond acceptors (Lipinski definition) is 5. The van der Waals surface area contributed by atoms with Crippen LogP contribution in [0.2, 0.25) is 0 Å². The van der Waals surface area contributed by atoms with Crippen molar-refractivity contribution < 1.29 is 0 Å². The number of nitrogens with zero attached hydrogens (tertiary/aromatic N) is 3. The normalized spacial score (nSPS) is 10.2. The average Bonchev–Trinajstić information content (AvgIpc) is 2.49. The first kappa shape index (κ1) is 12.1. The van der Waals surface area contributed by atoms with Crippen LogP contribution in [-0.4, -0.2) is 15.0 Å². The van der Waals surface area contributed by atoms with Crippen molar-refractivity contribution >= 4 is 17.3 Å². The summed E-state index contributed by atoms with van der Waals surface area (Å²) in [6.07, 6.45) is 7.04. The van der Waals surface area contributed by atoms with Gasteiger partial charge in [-0.3, -0.25) is 4.98 Å². The summed E-state index contributed by atoms with van der Waals surface area (Å²) in [7, 11) is 0. The molecule has 5 nitrogen and oxygen atoms in total. The van der Waals surface area contributed by atoms with E-state index < -0.39 is 0 Å². The Hall–Kier alpha value is -2.95. The molecule has 0 aliphatic rings. The van der Waals surface area contributed by atoms with Crippen LogP contribution in [0.5, 0.6) is 0 Å². The molecule has 0 amide bonds. The van der Waals surface area contributed by atoms with E-state index >= 15 is 0 Å². The van der Waals surface area contributed by atoms with E-state index in [4.69, 9.17) is 5.73 Å². The summed E-state index contributed by atoms with van der Waals surface area (Å²) in [6.45, 7) is 0. The number of nitrogens with two attached hydrogens (primary N) is 1. The van der Waals surface area contributed by atoms with E-state index in [0.29, 0.717) is 11.6 Å². The first-order valence-electron chi connectivity index (χ1n) is 6.16. The Labute approximate surface area is 116 Å². The highest BCUT2D eigenvalue weighted by Crippen LogP contribution is 2.19. The van der Waals surface area contributed by atoms with Gasteiger partial charge in [-0.05, 0) is 35.9 Å². The molecule has 0 radical (unpaired) electrons. The lowest BCUT2D eigenvalue weighted by molar-refractivity contribution is 1.17. The van der Waals surface area contributed by atoms with Gasteiger partial charge in [0.1, 0.15) is 0 Å². The predicted octanol–water partition coefficient (Wildman–Crippen LogP) is 2.86. The first-order valence-corrected chi connectivity index (χ1v) is 6.16. The van der Waals surface area contributed by atoms with Crippen LogP contribution in [0.3, 0.4) is 0 Å². The highest BCUT2D eigenvalue weighted by molar-refractivity contribution is 5.63. The molecule has 0 bridgehead atoms. The highest BCUT2D eigenvalue weighted by atomic mass is 15.1. The lowest BCUT2D eigenvalue weighted by atomic mass is 10.1. The fraction of sp³-hybridized carbons (Fsp3) is 0. The molecule has 0 saturated carbocycles. The van der Waals surface area contributed by atoms with Crippen molar-refractivity contribution in [3.8, 4) is 11.1 Å². The Morgan fingerprint density at radius 2 is 1.65 bits per heavy atom. The van der Waals surface area contributed by atoms with Gasteiger partial charge < -0.3 is 11.1 Å². The Balaban J connectivity index is 1.80. The molecule has 0 fully saturated rings. The standard InChI is InChI=1S/C15H13N5/c16-13-2-1-3-14(8-13)20-15-18-9-12(10-19-15)11-4-6-17-7-5-11/h1-10H,16H2,(H,18,19,20). The number of aromatic nitrogens is 3. The van der Waals surface area contributed by atoms with Gasteiger partial charge in [-0.2, -0.15) is 0 Å². The zero-order valence-electron chi connectivity index (χ0n) is 10.7. The van der Waals surface area contributed by atoms with E-state index in [9.17, 15) is 0 Å². The molecule has 0 saturated heterocycles. The molecule has 5 heteroatoms. The van der Waals surface area contributed by atoms with Gasteiger partial charge in [-0.25, -0.2) is 9.97 Å². The van der Waals surface area contributed by atoms with E-state index in [-0.39, 0.29) is 0 Å². The summed E-state index contributed by atoms with van der Waals surface area (Å²) in [6, 6.07) is 11.3. The third kappa shape index (κ3) is 2.72. The van der Waals surface area contributed by atoms with E-state index in [1.165, 1.54) is 0 Å². The van der Waals surface area contributed by atoms with Crippen LogP contribution in [0.1, 0.15) is 0 Å². The number of benzene rings is 1. The number of nitrogen functional groups attached to an aromatic ring is 1. The average molecular weight is 263 g/mol. The van der Waals surface area contributed by atoms with Crippen molar-refractivity contribution in [2.75, 3.05) is 11.1 Å². The van der Waals surface area contributed by atoms with Gasteiger partial charge in [0.2, 0.25) is 5.95 Å². The van der Waals surface area contributed by atoms with Crippen molar-refractivity contribution in [2.45, 2.75) is 0 Å².